The van der Waals surface area contributed by atoms with E-state index in [-0.39, 0.29) is 47.9 Å². The lowest BCUT2D eigenvalue weighted by Gasteiger charge is -2.59. The van der Waals surface area contributed by atoms with E-state index in [4.69, 9.17) is 10.2 Å². The van der Waals surface area contributed by atoms with Crippen LogP contribution >= 0.6 is 0 Å². The predicted octanol–water partition coefficient (Wildman–Crippen LogP) is 9.29. The first-order chi connectivity index (χ1) is 30.0. The van der Waals surface area contributed by atoms with E-state index in [1.807, 2.05) is 13.0 Å². The summed E-state index contributed by atoms with van der Waals surface area (Å²) >= 11 is 0. The smallest absolute Gasteiger partial charge is 0.303 e. The Kier molecular flexibility index (Phi) is 15.3. The molecular formula is C54H82O10. The lowest BCUT2D eigenvalue weighted by Crippen LogP contribution is -2.61. The minimum atomic E-state index is -1.56. The van der Waals surface area contributed by atoms with Crippen LogP contribution in [0.15, 0.2) is 47.6 Å². The molecule has 0 amide bonds. The molecule has 6 saturated carbocycles. The highest BCUT2D eigenvalue weighted by atomic mass is 16.4. The molecule has 0 aliphatic heterocycles. The number of rotatable bonds is 10. The third kappa shape index (κ3) is 9.09. The van der Waals surface area contributed by atoms with E-state index < -0.39 is 41.4 Å². The molecule has 0 spiro atoms. The molecule has 10 nitrogen and oxygen atoms in total. The van der Waals surface area contributed by atoms with E-state index in [0.29, 0.717) is 29.6 Å². The summed E-state index contributed by atoms with van der Waals surface area (Å²) in [5, 5.41) is 57.7. The second kappa shape index (κ2) is 19.4. The van der Waals surface area contributed by atoms with Gasteiger partial charge in [-0.15, -0.1) is 0 Å². The van der Waals surface area contributed by atoms with Gasteiger partial charge in [-0.05, 0) is 166 Å². The number of carboxylic acid groups (broad SMARTS) is 2. The molecule has 8 rings (SSSR count). The maximum Gasteiger partial charge on any atom is 0.303 e. The lowest BCUT2D eigenvalue weighted by atomic mass is 9.46. The van der Waals surface area contributed by atoms with E-state index in [1.165, 1.54) is 44.9 Å². The van der Waals surface area contributed by atoms with Crippen LogP contribution in [0.3, 0.4) is 0 Å². The number of aliphatic carboxylic acids is 2. The van der Waals surface area contributed by atoms with Crippen LogP contribution in [-0.4, -0.2) is 78.6 Å². The fourth-order valence-electron chi connectivity index (χ4n) is 16.0. The second-order valence-corrected chi connectivity index (χ2v) is 22.9. The summed E-state index contributed by atoms with van der Waals surface area (Å²) in [6.07, 6.45) is 26.2. The SMILES string of the molecule is CC[C@H](/C=C/[C@@H](C)[C@H]1CC[C@H]2[C@@H]3CC=C4C[C@@H](O)CC[C@]4(C)[C@H]3CC[C@]12C)C(C)C.C[C@]12C=CC(=O)C=C1CC[C@@H]1[C@@H]2[C@@H](O)C[C@@]2(C)[C@H]1CC[C@]2(O)C(=O)CO.O=C(O)CCC(=O)O. The largest absolute Gasteiger partial charge is 0.481 e. The average molecular weight is 891 g/mol. The normalized spacial score (nSPS) is 42.7. The van der Waals surface area contributed by atoms with Gasteiger partial charge < -0.3 is 30.6 Å². The Morgan fingerprint density at radius 2 is 1.50 bits per heavy atom. The van der Waals surface area contributed by atoms with E-state index in [9.17, 15) is 39.6 Å². The number of allylic oxidation sites excluding steroid dienone is 7. The highest BCUT2D eigenvalue weighted by molar-refractivity contribution is 6.01. The molecule has 0 aromatic carbocycles. The quantitative estimate of drug-likeness (QED) is 0.115. The van der Waals surface area contributed by atoms with E-state index >= 15 is 0 Å². The molecule has 358 valence electrons. The number of Topliss-reactive ketones (excluding diaryl/α,β-unsaturated/α-hetero) is 1. The van der Waals surface area contributed by atoms with Gasteiger partial charge in [0.2, 0.25) is 0 Å². The first kappa shape index (κ1) is 50.5. The number of aliphatic hydroxyl groups is 4. The zero-order valence-electron chi connectivity index (χ0n) is 40.2. The molecule has 8 aliphatic carbocycles. The van der Waals surface area contributed by atoms with Crippen molar-refractivity contribution in [3.05, 3.63) is 47.6 Å². The van der Waals surface area contributed by atoms with Crippen LogP contribution in [-0.2, 0) is 19.2 Å². The summed E-state index contributed by atoms with van der Waals surface area (Å²) < 4.78 is 0. The molecule has 16 atom stereocenters. The number of fused-ring (bicyclic) bond motifs is 10. The fourth-order valence-corrected chi connectivity index (χ4v) is 16.0. The predicted molar refractivity (Wildman–Crippen MR) is 248 cm³/mol. The van der Waals surface area contributed by atoms with Crippen molar-refractivity contribution in [3.8, 4) is 0 Å². The molecule has 0 saturated heterocycles. The zero-order chi connectivity index (χ0) is 47.2. The highest BCUT2D eigenvalue weighted by Gasteiger charge is 2.68. The van der Waals surface area contributed by atoms with Crippen molar-refractivity contribution in [1.82, 2.24) is 0 Å². The monoisotopic (exact) mass is 891 g/mol. The molecule has 6 fully saturated rings. The van der Waals surface area contributed by atoms with Gasteiger partial charge in [0.15, 0.2) is 11.6 Å². The van der Waals surface area contributed by atoms with Crippen molar-refractivity contribution >= 4 is 23.5 Å². The fraction of sp³-hybridized carbons (Fsp3) is 0.778. The minimum absolute atomic E-state index is 0.00912. The second-order valence-electron chi connectivity index (χ2n) is 22.9. The number of hydrogen-bond acceptors (Lipinski definition) is 8. The first-order valence-corrected chi connectivity index (χ1v) is 25.0. The molecule has 0 aromatic heterocycles. The number of carbonyl (C=O) groups excluding carboxylic acids is 2. The molecule has 0 aromatic rings. The standard InChI is InChI=1S/C29H48O.C21H28O5.C4H6O4/c1-7-21(19(2)3)9-8-20(4)25-12-13-26-24-11-10-22-18-23(30)14-16-28(22,5)27(24)15-17-29(25,26)6;1-19-7-5-13(23)9-12(19)3-4-14-15-6-8-21(26,17(25)11-22)20(15,2)10-16(24)18(14)19;5-3(6)1-2-4(7)8/h8-10,19-21,23-27,30H,7,11-18H2,1-6H3;5,7,9,14-16,18,22,24,26H,3-4,6,8,10-11H2,1-2H3;1-2H2,(H,5,6)(H,7,8)/b9-8+;;/t20-,21-,23+,24+,25-,26+,27+,28+,29-;14-,15-,16-,18+,19-,20-,21-;/m10./s1. The van der Waals surface area contributed by atoms with Crippen LogP contribution in [0.2, 0.25) is 0 Å². The number of carboxylic acids is 2. The third-order valence-electron chi connectivity index (χ3n) is 19.6. The molecule has 0 radical (unpaired) electrons. The molecule has 0 bridgehead atoms. The van der Waals surface area contributed by atoms with Crippen molar-refractivity contribution in [2.75, 3.05) is 6.61 Å². The van der Waals surface area contributed by atoms with Crippen LogP contribution < -0.4 is 0 Å². The number of ketones is 2. The Bertz CT molecular complexity index is 1860. The van der Waals surface area contributed by atoms with Crippen LogP contribution in [0.4, 0.5) is 0 Å². The van der Waals surface area contributed by atoms with Gasteiger partial charge >= 0.3 is 11.9 Å². The Hall–Kier alpha value is -2.92. The zero-order valence-corrected chi connectivity index (χ0v) is 40.2. The molecule has 64 heavy (non-hydrogen) atoms. The van der Waals surface area contributed by atoms with Gasteiger partial charge in [-0.2, -0.15) is 0 Å². The molecule has 0 unspecified atom stereocenters. The Labute approximate surface area is 383 Å². The Balaban J connectivity index is 0.000000183. The van der Waals surface area contributed by atoms with Gasteiger partial charge in [-0.25, -0.2) is 0 Å². The molecular weight excluding hydrogens is 809 g/mol. The molecule has 8 aliphatic rings. The van der Waals surface area contributed by atoms with Crippen molar-refractivity contribution in [2.45, 2.75) is 176 Å². The summed E-state index contributed by atoms with van der Waals surface area (Å²) in [5.74, 6) is 3.32. The van der Waals surface area contributed by atoms with Crippen LogP contribution in [0.5, 0.6) is 0 Å². The van der Waals surface area contributed by atoms with Gasteiger partial charge in [0.1, 0.15) is 12.2 Å². The minimum Gasteiger partial charge on any atom is -0.481 e. The van der Waals surface area contributed by atoms with Crippen LogP contribution in [0.1, 0.15) is 158 Å². The van der Waals surface area contributed by atoms with Crippen LogP contribution in [0, 0.1) is 80.8 Å². The van der Waals surface area contributed by atoms with Gasteiger partial charge in [-0.3, -0.25) is 19.2 Å². The summed E-state index contributed by atoms with van der Waals surface area (Å²) in [7, 11) is 0. The average Bonchev–Trinajstić information content (AvgIpc) is 3.73. The van der Waals surface area contributed by atoms with E-state index in [0.717, 1.165) is 73.2 Å². The maximum atomic E-state index is 12.4. The van der Waals surface area contributed by atoms with Gasteiger partial charge in [0, 0.05) is 16.7 Å². The van der Waals surface area contributed by atoms with Crippen molar-refractivity contribution < 1.29 is 49.8 Å². The molecule has 6 N–H and O–H groups in total. The number of carbonyl (C=O) groups is 4. The van der Waals surface area contributed by atoms with E-state index in [1.54, 1.807) is 17.7 Å². The molecule has 10 heteroatoms. The Morgan fingerprint density at radius 1 is 0.828 bits per heavy atom. The van der Waals surface area contributed by atoms with Gasteiger partial charge in [0.25, 0.3) is 0 Å². The third-order valence-corrected chi connectivity index (χ3v) is 19.6. The maximum absolute atomic E-state index is 12.4. The summed E-state index contributed by atoms with van der Waals surface area (Å²) in [6.45, 7) is 18.1. The summed E-state index contributed by atoms with van der Waals surface area (Å²) in [5.41, 5.74) is 0.968. The van der Waals surface area contributed by atoms with E-state index in [2.05, 4.69) is 66.7 Å². The van der Waals surface area contributed by atoms with Gasteiger partial charge in [-0.1, -0.05) is 90.8 Å². The topological polar surface area (TPSA) is 190 Å². The van der Waals surface area contributed by atoms with Gasteiger partial charge in [0.05, 0.1) is 25.0 Å². The van der Waals surface area contributed by atoms with Crippen LogP contribution in [0.25, 0.3) is 0 Å². The Morgan fingerprint density at radius 3 is 2.12 bits per heavy atom. The number of aliphatic hydroxyl groups excluding tert-OH is 3. The van der Waals surface area contributed by atoms with Crippen molar-refractivity contribution in [2.24, 2.45) is 80.8 Å². The lowest BCUT2D eigenvalue weighted by molar-refractivity contribution is -0.178. The van der Waals surface area contributed by atoms with Crippen molar-refractivity contribution in [1.29, 1.82) is 0 Å². The number of hydrogen-bond donors (Lipinski definition) is 6. The highest BCUT2D eigenvalue weighted by Crippen LogP contribution is 2.69. The molecule has 0 heterocycles. The summed E-state index contributed by atoms with van der Waals surface area (Å²) in [6, 6.07) is 0. The van der Waals surface area contributed by atoms with Crippen molar-refractivity contribution in [3.63, 3.8) is 0 Å². The summed E-state index contributed by atoms with van der Waals surface area (Å²) in [4.78, 5) is 43.4. The first-order valence-electron chi connectivity index (χ1n) is 25.0.